The van der Waals surface area contributed by atoms with Crippen LogP contribution < -0.4 is 4.90 Å². The monoisotopic (exact) mass is 453 g/mol. The molecule has 0 bridgehead atoms. The molecular formula is C24H22F3N5O. The molecule has 3 aromatic rings. The van der Waals surface area contributed by atoms with Crippen molar-refractivity contribution in [3.8, 4) is 0 Å². The molecule has 0 saturated carbocycles. The van der Waals surface area contributed by atoms with Gasteiger partial charge in [-0.15, -0.1) is 0 Å². The van der Waals surface area contributed by atoms with Gasteiger partial charge in [0.2, 0.25) is 5.91 Å². The summed E-state index contributed by atoms with van der Waals surface area (Å²) in [5.74, 6) is -2.44. The van der Waals surface area contributed by atoms with E-state index in [-0.39, 0.29) is 17.3 Å². The minimum absolute atomic E-state index is 0.194. The number of hydrogen-bond donors (Lipinski definition) is 0. The minimum Gasteiger partial charge on any atom is -0.368 e. The van der Waals surface area contributed by atoms with Crippen molar-refractivity contribution in [2.24, 2.45) is 10.9 Å². The third kappa shape index (κ3) is 3.77. The van der Waals surface area contributed by atoms with Crippen molar-refractivity contribution in [2.75, 3.05) is 31.1 Å². The number of anilines is 1. The second-order valence-electron chi connectivity index (χ2n) is 8.23. The van der Waals surface area contributed by atoms with E-state index in [1.54, 1.807) is 30.0 Å². The highest BCUT2D eigenvalue weighted by atomic mass is 19.1. The quantitative estimate of drug-likeness (QED) is 0.603. The Morgan fingerprint density at radius 3 is 2.27 bits per heavy atom. The van der Waals surface area contributed by atoms with Gasteiger partial charge in [0.25, 0.3) is 0 Å². The van der Waals surface area contributed by atoms with Crippen LogP contribution in [0.5, 0.6) is 0 Å². The van der Waals surface area contributed by atoms with Crippen molar-refractivity contribution in [2.45, 2.75) is 13.0 Å². The number of aromatic nitrogens is 2. The average Bonchev–Trinajstić information content (AvgIpc) is 3.27. The van der Waals surface area contributed by atoms with Crippen LogP contribution in [0, 0.1) is 23.4 Å². The molecule has 170 valence electrons. The van der Waals surface area contributed by atoms with E-state index in [1.807, 2.05) is 0 Å². The number of piperazine rings is 1. The molecule has 0 N–H and O–H groups in total. The van der Waals surface area contributed by atoms with Crippen LogP contribution in [0.25, 0.3) is 0 Å². The third-order valence-electron chi connectivity index (χ3n) is 6.31. The van der Waals surface area contributed by atoms with Crippen LogP contribution in [0.4, 0.5) is 24.7 Å². The van der Waals surface area contributed by atoms with E-state index in [2.05, 4.69) is 15.0 Å². The molecule has 2 unspecified atom stereocenters. The number of carbonyl (C=O) groups is 1. The van der Waals surface area contributed by atoms with Gasteiger partial charge in [0.1, 0.15) is 29.4 Å². The lowest BCUT2D eigenvalue weighted by molar-refractivity contribution is -0.134. The lowest BCUT2D eigenvalue weighted by Gasteiger charge is -2.40. The zero-order chi connectivity index (χ0) is 23.1. The Hall–Kier alpha value is -3.62. The lowest BCUT2D eigenvalue weighted by atomic mass is 9.86. The fourth-order valence-electron chi connectivity index (χ4n) is 4.66. The second kappa shape index (κ2) is 8.38. The van der Waals surface area contributed by atoms with Gasteiger partial charge in [0, 0.05) is 49.2 Å². The molecule has 2 aliphatic rings. The molecule has 2 aromatic carbocycles. The molecule has 2 atom stereocenters. The largest absolute Gasteiger partial charge is 0.368 e. The fourth-order valence-corrected chi connectivity index (χ4v) is 4.66. The summed E-state index contributed by atoms with van der Waals surface area (Å²) in [6, 6.07) is 10.6. The maximum absolute atomic E-state index is 14.8. The predicted molar refractivity (Wildman–Crippen MR) is 118 cm³/mol. The van der Waals surface area contributed by atoms with Crippen LogP contribution in [0.1, 0.15) is 18.5 Å². The maximum Gasteiger partial charge on any atom is 0.234 e. The number of rotatable bonds is 3. The molecule has 0 aliphatic carbocycles. The normalized spacial score (nSPS) is 20.4. The topological polar surface area (TPSA) is 53.7 Å². The SMILES string of the molecule is CC1=Nc2ccnn2C(c2c(F)cccc2F)C1C(=O)N1CCN(c2ccc(F)cc2)CC1. The van der Waals surface area contributed by atoms with E-state index in [0.29, 0.717) is 37.7 Å². The summed E-state index contributed by atoms with van der Waals surface area (Å²) in [4.78, 5) is 21.9. The van der Waals surface area contributed by atoms with Gasteiger partial charge < -0.3 is 9.80 Å². The Balaban J connectivity index is 1.43. The lowest BCUT2D eigenvalue weighted by Crippen LogP contribution is -2.53. The van der Waals surface area contributed by atoms with Gasteiger partial charge in [0.15, 0.2) is 5.82 Å². The number of aliphatic imine (C=N–C) groups is 1. The molecule has 0 radical (unpaired) electrons. The van der Waals surface area contributed by atoms with Crippen molar-refractivity contribution in [1.29, 1.82) is 0 Å². The Bertz CT molecular complexity index is 1190. The van der Waals surface area contributed by atoms with Crippen LogP contribution in [-0.4, -0.2) is 52.5 Å². The molecular weight excluding hydrogens is 431 g/mol. The maximum atomic E-state index is 14.8. The zero-order valence-corrected chi connectivity index (χ0v) is 18.0. The van der Waals surface area contributed by atoms with Crippen LogP contribution in [0.3, 0.4) is 0 Å². The van der Waals surface area contributed by atoms with E-state index in [0.717, 1.165) is 5.69 Å². The van der Waals surface area contributed by atoms with Gasteiger partial charge >= 0.3 is 0 Å². The molecule has 33 heavy (non-hydrogen) atoms. The van der Waals surface area contributed by atoms with E-state index in [1.165, 1.54) is 41.2 Å². The predicted octanol–water partition coefficient (Wildman–Crippen LogP) is 3.96. The summed E-state index contributed by atoms with van der Waals surface area (Å²) in [6.45, 7) is 3.69. The van der Waals surface area contributed by atoms with E-state index in [9.17, 15) is 18.0 Å². The smallest absolute Gasteiger partial charge is 0.234 e. The van der Waals surface area contributed by atoms with Gasteiger partial charge in [0.05, 0.1) is 6.20 Å². The molecule has 9 heteroatoms. The number of fused-ring (bicyclic) bond motifs is 1. The average molecular weight is 453 g/mol. The Kier molecular flexibility index (Phi) is 5.39. The molecule has 1 amide bonds. The first-order valence-electron chi connectivity index (χ1n) is 10.8. The highest BCUT2D eigenvalue weighted by Gasteiger charge is 2.43. The van der Waals surface area contributed by atoms with Crippen molar-refractivity contribution < 1.29 is 18.0 Å². The molecule has 3 heterocycles. The van der Waals surface area contributed by atoms with E-state index in [4.69, 9.17) is 0 Å². The molecule has 6 nitrogen and oxygen atoms in total. The first kappa shape index (κ1) is 21.2. The Morgan fingerprint density at radius 2 is 1.61 bits per heavy atom. The first-order chi connectivity index (χ1) is 15.9. The van der Waals surface area contributed by atoms with Crippen LogP contribution in [0.15, 0.2) is 59.7 Å². The van der Waals surface area contributed by atoms with Crippen LogP contribution >= 0.6 is 0 Å². The molecule has 0 spiro atoms. The Labute approximate surface area is 188 Å². The molecule has 5 rings (SSSR count). The summed E-state index contributed by atoms with van der Waals surface area (Å²) < 4.78 is 44.3. The first-order valence-corrected chi connectivity index (χ1v) is 10.8. The highest BCUT2D eigenvalue weighted by molar-refractivity contribution is 6.05. The summed E-state index contributed by atoms with van der Waals surface area (Å²) in [5, 5.41) is 4.23. The van der Waals surface area contributed by atoms with Crippen LogP contribution in [-0.2, 0) is 4.79 Å². The number of hydrogen-bond acceptors (Lipinski definition) is 4. The number of nitrogens with zero attached hydrogens (tertiary/aromatic N) is 5. The fraction of sp³-hybridized carbons (Fsp3) is 0.292. The summed E-state index contributed by atoms with van der Waals surface area (Å²) in [5.41, 5.74) is 1.17. The molecule has 1 aromatic heterocycles. The van der Waals surface area contributed by atoms with Gasteiger partial charge in [-0.2, -0.15) is 5.10 Å². The van der Waals surface area contributed by atoms with Gasteiger partial charge in [-0.3, -0.25) is 4.79 Å². The Morgan fingerprint density at radius 1 is 0.939 bits per heavy atom. The summed E-state index contributed by atoms with van der Waals surface area (Å²) in [6.07, 6.45) is 1.51. The van der Waals surface area contributed by atoms with E-state index >= 15 is 0 Å². The van der Waals surface area contributed by atoms with E-state index < -0.39 is 23.6 Å². The minimum atomic E-state index is -0.976. The third-order valence-corrected chi connectivity index (χ3v) is 6.31. The van der Waals surface area contributed by atoms with Gasteiger partial charge in [-0.05, 0) is 43.3 Å². The van der Waals surface area contributed by atoms with Gasteiger partial charge in [-0.1, -0.05) is 6.07 Å². The van der Waals surface area contributed by atoms with Crippen LogP contribution in [0.2, 0.25) is 0 Å². The number of benzene rings is 2. The molecule has 1 saturated heterocycles. The number of amides is 1. The van der Waals surface area contributed by atoms with Crippen molar-refractivity contribution in [1.82, 2.24) is 14.7 Å². The zero-order valence-electron chi connectivity index (χ0n) is 18.0. The molecule has 2 aliphatic heterocycles. The highest BCUT2D eigenvalue weighted by Crippen LogP contribution is 2.39. The standard InChI is InChI=1S/C24H22F3N5O/c1-15-21(24(33)31-13-11-30(12-14-31)17-7-5-16(25)6-8-17)23(32-20(29-15)9-10-28-32)22-18(26)3-2-4-19(22)27/h2-10,21,23H,11-14H2,1H3. The van der Waals surface area contributed by atoms with Gasteiger partial charge in [-0.25, -0.2) is 22.8 Å². The summed E-state index contributed by atoms with van der Waals surface area (Å²) >= 11 is 0. The number of halogens is 3. The summed E-state index contributed by atoms with van der Waals surface area (Å²) in [7, 11) is 0. The second-order valence-corrected chi connectivity index (χ2v) is 8.23. The van der Waals surface area contributed by atoms with Crippen molar-refractivity contribution >= 4 is 23.1 Å². The molecule has 1 fully saturated rings. The number of carbonyl (C=O) groups excluding carboxylic acids is 1. The van der Waals surface area contributed by atoms with Crippen molar-refractivity contribution in [3.05, 3.63) is 77.7 Å². The van der Waals surface area contributed by atoms with Crippen molar-refractivity contribution in [3.63, 3.8) is 0 Å².